The van der Waals surface area contributed by atoms with Crippen molar-refractivity contribution in [3.05, 3.63) is 83.4 Å². The number of halogens is 4. The molecule has 9 nitrogen and oxygen atoms in total. The average Bonchev–Trinajstić information content (AvgIpc) is 3.33. The van der Waals surface area contributed by atoms with E-state index in [4.69, 9.17) is 9.47 Å². The van der Waals surface area contributed by atoms with Crippen LogP contribution < -0.4 is 19.5 Å². The van der Waals surface area contributed by atoms with E-state index in [1.807, 2.05) is 0 Å². The molecule has 0 radical (unpaired) electrons. The molecule has 2 aromatic heterocycles. The topological polar surface area (TPSA) is 123 Å². The zero-order chi connectivity index (χ0) is 33.7. The third kappa shape index (κ3) is 6.16. The third-order valence-corrected chi connectivity index (χ3v) is 9.36. The second kappa shape index (κ2) is 11.9. The molecule has 14 heteroatoms. The van der Waals surface area contributed by atoms with Crippen molar-refractivity contribution in [2.75, 3.05) is 20.3 Å². The molecule has 0 fully saturated rings. The summed E-state index contributed by atoms with van der Waals surface area (Å²) >= 11 is 0. The second-order valence-corrected chi connectivity index (χ2v) is 14.1. The van der Waals surface area contributed by atoms with Gasteiger partial charge < -0.3 is 19.9 Å². The smallest absolute Gasteiger partial charge is 0.424 e. The van der Waals surface area contributed by atoms with Gasteiger partial charge in [-0.1, -0.05) is 6.07 Å². The number of benzene rings is 2. The Morgan fingerprint density at radius 1 is 1.13 bits per heavy atom. The molecular weight excluding hydrogens is 628 g/mol. The van der Waals surface area contributed by atoms with E-state index >= 15 is 0 Å². The Morgan fingerprint density at radius 2 is 1.83 bits per heavy atom. The lowest BCUT2D eigenvalue weighted by molar-refractivity contribution is -0.265. The lowest BCUT2D eigenvalue weighted by Crippen LogP contribution is -2.52. The molecule has 1 aliphatic heterocycles. The first-order chi connectivity index (χ1) is 21.5. The zero-order valence-corrected chi connectivity index (χ0v) is 26.4. The fourth-order valence-electron chi connectivity index (χ4n) is 4.93. The Morgan fingerprint density at radius 3 is 2.46 bits per heavy atom. The number of carbonyl (C=O) groups excluding carboxylic acids is 1. The maximum Gasteiger partial charge on any atom is 0.424 e. The molecule has 3 atom stereocenters. The van der Waals surface area contributed by atoms with E-state index in [9.17, 15) is 31.7 Å². The van der Waals surface area contributed by atoms with Crippen LogP contribution in [-0.4, -0.2) is 56.4 Å². The summed E-state index contributed by atoms with van der Waals surface area (Å²) in [6.07, 6.45) is -3.80. The van der Waals surface area contributed by atoms with Crippen LogP contribution in [0.2, 0.25) is 0 Å². The molecule has 46 heavy (non-hydrogen) atoms. The van der Waals surface area contributed by atoms with Gasteiger partial charge in [0.1, 0.15) is 29.4 Å². The third-order valence-electron chi connectivity index (χ3n) is 7.61. The van der Waals surface area contributed by atoms with Gasteiger partial charge >= 0.3 is 6.18 Å². The monoisotopic (exact) mass is 660 g/mol. The summed E-state index contributed by atoms with van der Waals surface area (Å²) in [6, 6.07) is 12.0. The first kappa shape index (κ1) is 33.2. The fraction of sp³-hybridized carbons (Fsp3) is 0.344. The Labute approximate surface area is 264 Å². The van der Waals surface area contributed by atoms with Crippen molar-refractivity contribution in [2.24, 2.45) is 0 Å². The minimum Gasteiger partial charge on any atom is -0.494 e. The number of aromatic nitrogens is 2. The lowest BCUT2D eigenvalue weighted by atomic mass is 9.89. The van der Waals surface area contributed by atoms with E-state index < -0.39 is 57.0 Å². The molecule has 0 saturated heterocycles. The molecule has 0 saturated carbocycles. The van der Waals surface area contributed by atoms with Gasteiger partial charge in [-0.25, -0.2) is 18.3 Å². The molecule has 3 heterocycles. The van der Waals surface area contributed by atoms with Crippen molar-refractivity contribution in [3.8, 4) is 22.8 Å². The number of nitrogens with zero attached hydrogens (tertiary/aromatic N) is 2. The number of amides is 1. The Bertz CT molecular complexity index is 1830. The predicted molar refractivity (Wildman–Crippen MR) is 164 cm³/mol. The molecule has 2 aromatic carbocycles. The van der Waals surface area contributed by atoms with Crippen LogP contribution in [0.4, 0.5) is 17.6 Å². The number of hydrogen-bond donors (Lipinski definition) is 3. The number of alkyl halides is 3. The second-order valence-electron chi connectivity index (χ2n) is 12.1. The molecule has 4 aromatic rings. The summed E-state index contributed by atoms with van der Waals surface area (Å²) in [4.78, 5) is 21.6. The number of carbonyl (C=O) groups is 1. The minimum absolute atomic E-state index is 0.0226. The number of pyridine rings is 2. The van der Waals surface area contributed by atoms with Gasteiger partial charge in [-0.3, -0.25) is 9.78 Å². The SMILES string of the molecule is COc1cc(C(=O)NCC(O)(c2cc3c(c(-c4ccc(F)cc4)n2)OCC3(C)NS(=O)C(C)(C)C)C(F)(F)F)cc2cccnc12. The van der Waals surface area contributed by atoms with Crippen molar-refractivity contribution < 1.29 is 41.1 Å². The van der Waals surface area contributed by atoms with Gasteiger partial charge in [-0.15, -0.1) is 0 Å². The van der Waals surface area contributed by atoms with Gasteiger partial charge in [-0.2, -0.15) is 13.2 Å². The number of aliphatic hydroxyl groups is 1. The molecule has 0 aliphatic carbocycles. The normalized spacial score (nSPS) is 18.4. The van der Waals surface area contributed by atoms with Crippen molar-refractivity contribution >= 4 is 27.8 Å². The van der Waals surface area contributed by atoms with Crippen molar-refractivity contribution in [1.82, 2.24) is 20.0 Å². The highest BCUT2D eigenvalue weighted by Crippen LogP contribution is 2.47. The van der Waals surface area contributed by atoms with Crippen LogP contribution in [0.3, 0.4) is 0 Å². The van der Waals surface area contributed by atoms with Crippen molar-refractivity contribution in [1.29, 1.82) is 0 Å². The van der Waals surface area contributed by atoms with Crippen LogP contribution >= 0.6 is 0 Å². The van der Waals surface area contributed by atoms with Crippen LogP contribution in [-0.2, 0) is 22.1 Å². The van der Waals surface area contributed by atoms with Crippen LogP contribution in [0.15, 0.2) is 60.8 Å². The highest BCUT2D eigenvalue weighted by atomic mass is 32.2. The van der Waals surface area contributed by atoms with Crippen molar-refractivity contribution in [3.63, 3.8) is 0 Å². The lowest BCUT2D eigenvalue weighted by Gasteiger charge is -2.32. The van der Waals surface area contributed by atoms with Gasteiger partial charge in [0.25, 0.3) is 5.91 Å². The largest absolute Gasteiger partial charge is 0.494 e. The van der Waals surface area contributed by atoms with E-state index in [-0.39, 0.29) is 40.5 Å². The summed E-state index contributed by atoms with van der Waals surface area (Å²) in [7, 11) is -0.303. The average molecular weight is 661 g/mol. The molecule has 0 spiro atoms. The Hall–Kier alpha value is -4.14. The first-order valence-electron chi connectivity index (χ1n) is 14.1. The van der Waals surface area contributed by atoms with Crippen LogP contribution in [0.5, 0.6) is 11.5 Å². The maximum absolute atomic E-state index is 14.9. The number of hydrogen-bond acceptors (Lipinski definition) is 7. The summed E-state index contributed by atoms with van der Waals surface area (Å²) < 4.78 is 84.9. The summed E-state index contributed by atoms with van der Waals surface area (Å²) in [5.41, 5.74) is -5.12. The summed E-state index contributed by atoms with van der Waals surface area (Å²) in [5, 5.41) is 14.1. The number of fused-ring (bicyclic) bond motifs is 2. The summed E-state index contributed by atoms with van der Waals surface area (Å²) in [5.74, 6) is -1.18. The molecule has 5 rings (SSSR count). The van der Waals surface area contributed by atoms with Gasteiger partial charge in [0.05, 0.1) is 40.6 Å². The van der Waals surface area contributed by atoms with Gasteiger partial charge in [0.2, 0.25) is 5.60 Å². The Balaban J connectivity index is 1.59. The van der Waals surface area contributed by atoms with Gasteiger partial charge in [-0.05, 0) is 76.2 Å². The van der Waals surface area contributed by atoms with Crippen LogP contribution in [0, 0.1) is 5.82 Å². The number of methoxy groups -OCH3 is 1. The zero-order valence-electron chi connectivity index (χ0n) is 25.6. The van der Waals surface area contributed by atoms with E-state index in [1.54, 1.807) is 39.8 Å². The fourth-order valence-corrected chi connectivity index (χ4v) is 5.82. The van der Waals surface area contributed by atoms with E-state index in [0.29, 0.717) is 10.9 Å². The highest BCUT2D eigenvalue weighted by molar-refractivity contribution is 7.84. The molecule has 1 aliphatic rings. The highest BCUT2D eigenvalue weighted by Gasteiger charge is 2.57. The quantitative estimate of drug-likeness (QED) is 0.220. The van der Waals surface area contributed by atoms with E-state index in [1.165, 1.54) is 37.6 Å². The van der Waals surface area contributed by atoms with E-state index in [2.05, 4.69) is 20.0 Å². The molecule has 3 N–H and O–H groups in total. The van der Waals surface area contributed by atoms with Crippen molar-refractivity contribution in [2.45, 2.75) is 49.8 Å². The molecular formula is C32H32F4N4O5S. The molecule has 3 unspecified atom stereocenters. The predicted octanol–water partition coefficient (Wildman–Crippen LogP) is 5.28. The summed E-state index contributed by atoms with van der Waals surface area (Å²) in [6.45, 7) is 5.36. The minimum atomic E-state index is -5.33. The number of rotatable bonds is 8. The van der Waals surface area contributed by atoms with Gasteiger partial charge in [0, 0.05) is 28.3 Å². The molecule has 1 amide bonds. The first-order valence-corrected chi connectivity index (χ1v) is 15.3. The van der Waals surface area contributed by atoms with Gasteiger partial charge in [0.15, 0.2) is 5.75 Å². The molecule has 0 bridgehead atoms. The van der Waals surface area contributed by atoms with Crippen LogP contribution in [0.25, 0.3) is 22.2 Å². The Kier molecular flexibility index (Phi) is 8.60. The standard InChI is InChI=1S/C32H32F4N4O5S/c1-29(2,3)46(43)40-30(4)17-45-27-22(30)15-24(39-26(27)18-8-10-21(33)11-9-18)31(42,32(34,35)36)16-38-28(41)20-13-19-7-6-12-37-25(19)23(14-20)44-5/h6-15,40,42H,16-17H2,1-5H3,(H,38,41). The van der Waals surface area contributed by atoms with Crippen LogP contribution in [0.1, 0.15) is 49.3 Å². The molecule has 244 valence electrons. The maximum atomic E-state index is 14.9. The van der Waals surface area contributed by atoms with E-state index in [0.717, 1.165) is 18.2 Å². The number of ether oxygens (including phenoxy) is 2. The number of nitrogens with one attached hydrogen (secondary N) is 2.